The minimum atomic E-state index is -0.337. The number of nitrogens with zero attached hydrogens (tertiary/aromatic N) is 2. The van der Waals surface area contributed by atoms with Crippen molar-refractivity contribution < 1.29 is 14.3 Å². The molecule has 1 saturated heterocycles. The van der Waals surface area contributed by atoms with Crippen molar-refractivity contribution in [1.29, 1.82) is 0 Å². The summed E-state index contributed by atoms with van der Waals surface area (Å²) >= 11 is 0. The SMILES string of the molecule is COC(=O)c1ccc(N2CCN(C(=O)c3ccc[nH]3)[C@@H](C)C2)cc1. The predicted octanol–water partition coefficient (Wildman–Crippen LogP) is 2.15. The highest BCUT2D eigenvalue weighted by Crippen LogP contribution is 2.21. The molecule has 0 saturated carbocycles. The van der Waals surface area contributed by atoms with Crippen molar-refractivity contribution in [2.45, 2.75) is 13.0 Å². The zero-order valence-corrected chi connectivity index (χ0v) is 13.9. The lowest BCUT2D eigenvalue weighted by Crippen LogP contribution is -2.54. The number of amides is 1. The van der Waals surface area contributed by atoms with E-state index in [0.29, 0.717) is 17.8 Å². The third kappa shape index (κ3) is 3.13. The van der Waals surface area contributed by atoms with Gasteiger partial charge in [0.05, 0.1) is 12.7 Å². The van der Waals surface area contributed by atoms with Crippen LogP contribution in [0.1, 0.15) is 27.8 Å². The number of rotatable bonds is 3. The summed E-state index contributed by atoms with van der Waals surface area (Å²) in [7, 11) is 1.37. The molecular weight excluding hydrogens is 306 g/mol. The summed E-state index contributed by atoms with van der Waals surface area (Å²) in [6, 6.07) is 11.1. The molecule has 6 nitrogen and oxygen atoms in total. The van der Waals surface area contributed by atoms with E-state index in [4.69, 9.17) is 4.74 Å². The van der Waals surface area contributed by atoms with Crippen molar-refractivity contribution in [2.24, 2.45) is 0 Å². The Morgan fingerprint density at radius 3 is 2.50 bits per heavy atom. The molecule has 24 heavy (non-hydrogen) atoms. The zero-order chi connectivity index (χ0) is 17.1. The number of methoxy groups -OCH3 is 1. The number of H-pyrrole nitrogens is 1. The first kappa shape index (κ1) is 16.1. The number of esters is 1. The molecule has 126 valence electrons. The van der Waals surface area contributed by atoms with E-state index in [1.54, 1.807) is 24.4 Å². The first-order chi connectivity index (χ1) is 11.6. The largest absolute Gasteiger partial charge is 0.465 e. The summed E-state index contributed by atoms with van der Waals surface area (Å²) in [5.74, 6) is -0.301. The van der Waals surface area contributed by atoms with Crippen molar-refractivity contribution in [3.63, 3.8) is 0 Å². The molecule has 0 radical (unpaired) electrons. The molecule has 1 N–H and O–H groups in total. The van der Waals surface area contributed by atoms with Crippen LogP contribution in [0.4, 0.5) is 5.69 Å². The van der Waals surface area contributed by atoms with Crippen LogP contribution in [0.15, 0.2) is 42.6 Å². The second-order valence-electron chi connectivity index (χ2n) is 5.92. The molecule has 1 amide bonds. The molecule has 1 aliphatic rings. The fourth-order valence-electron chi connectivity index (χ4n) is 3.04. The Morgan fingerprint density at radius 1 is 1.17 bits per heavy atom. The number of nitrogens with one attached hydrogen (secondary N) is 1. The molecular formula is C18H21N3O3. The molecule has 1 aliphatic heterocycles. The van der Waals surface area contributed by atoms with Crippen molar-refractivity contribution in [1.82, 2.24) is 9.88 Å². The van der Waals surface area contributed by atoms with Crippen LogP contribution in [-0.4, -0.2) is 54.5 Å². The lowest BCUT2D eigenvalue weighted by molar-refractivity contribution is 0.0599. The minimum Gasteiger partial charge on any atom is -0.465 e. The Bertz CT molecular complexity index is 710. The van der Waals surface area contributed by atoms with Gasteiger partial charge in [-0.15, -0.1) is 0 Å². The minimum absolute atomic E-state index is 0.0354. The van der Waals surface area contributed by atoms with Crippen LogP contribution in [0.3, 0.4) is 0 Å². The van der Waals surface area contributed by atoms with Gasteiger partial charge in [-0.2, -0.15) is 0 Å². The molecule has 3 rings (SSSR count). The molecule has 0 spiro atoms. The van der Waals surface area contributed by atoms with E-state index >= 15 is 0 Å². The highest BCUT2D eigenvalue weighted by molar-refractivity contribution is 5.93. The quantitative estimate of drug-likeness (QED) is 0.877. The van der Waals surface area contributed by atoms with Gasteiger partial charge in [0.15, 0.2) is 0 Å². The summed E-state index contributed by atoms with van der Waals surface area (Å²) in [4.78, 5) is 31.1. The number of aromatic amines is 1. The number of anilines is 1. The van der Waals surface area contributed by atoms with Crippen LogP contribution >= 0.6 is 0 Å². The summed E-state index contributed by atoms with van der Waals surface area (Å²) in [6.07, 6.45) is 1.76. The number of hydrogen-bond donors (Lipinski definition) is 1. The summed E-state index contributed by atoms with van der Waals surface area (Å²) in [5, 5.41) is 0. The summed E-state index contributed by atoms with van der Waals surface area (Å²) < 4.78 is 4.71. The van der Waals surface area contributed by atoms with Gasteiger partial charge in [-0.25, -0.2) is 4.79 Å². The molecule has 2 aromatic rings. The lowest BCUT2D eigenvalue weighted by Gasteiger charge is -2.40. The van der Waals surface area contributed by atoms with Crippen molar-refractivity contribution in [2.75, 3.05) is 31.6 Å². The molecule has 0 bridgehead atoms. The Morgan fingerprint density at radius 2 is 1.92 bits per heavy atom. The number of piperazine rings is 1. The number of carbonyl (C=O) groups is 2. The zero-order valence-electron chi connectivity index (χ0n) is 13.9. The van der Waals surface area contributed by atoms with Gasteiger partial charge in [0.25, 0.3) is 5.91 Å². The average molecular weight is 327 g/mol. The maximum Gasteiger partial charge on any atom is 0.337 e. The van der Waals surface area contributed by atoms with E-state index in [2.05, 4.69) is 16.8 Å². The highest BCUT2D eigenvalue weighted by atomic mass is 16.5. The monoisotopic (exact) mass is 327 g/mol. The number of hydrogen-bond acceptors (Lipinski definition) is 4. The molecule has 0 unspecified atom stereocenters. The topological polar surface area (TPSA) is 65.6 Å². The molecule has 1 aromatic heterocycles. The summed E-state index contributed by atoms with van der Waals surface area (Å²) in [6.45, 7) is 4.23. The van der Waals surface area contributed by atoms with E-state index in [-0.39, 0.29) is 17.9 Å². The van der Waals surface area contributed by atoms with E-state index in [1.807, 2.05) is 23.1 Å². The Labute approximate surface area is 141 Å². The Balaban J connectivity index is 1.67. The van der Waals surface area contributed by atoms with Crippen LogP contribution in [-0.2, 0) is 4.74 Å². The van der Waals surface area contributed by atoms with E-state index in [1.165, 1.54) is 7.11 Å². The number of benzene rings is 1. The fraction of sp³-hybridized carbons (Fsp3) is 0.333. The van der Waals surface area contributed by atoms with E-state index in [9.17, 15) is 9.59 Å². The molecule has 1 atom stereocenters. The summed E-state index contributed by atoms with van der Waals surface area (Å²) in [5.41, 5.74) is 2.20. The van der Waals surface area contributed by atoms with E-state index in [0.717, 1.165) is 18.8 Å². The molecule has 1 aromatic carbocycles. The highest BCUT2D eigenvalue weighted by Gasteiger charge is 2.28. The Kier molecular flexibility index (Phi) is 4.55. The van der Waals surface area contributed by atoms with Crippen molar-refractivity contribution in [3.05, 3.63) is 53.9 Å². The third-order valence-electron chi connectivity index (χ3n) is 4.37. The molecule has 0 aliphatic carbocycles. The van der Waals surface area contributed by atoms with Gasteiger partial charge in [0, 0.05) is 37.6 Å². The maximum absolute atomic E-state index is 12.5. The smallest absolute Gasteiger partial charge is 0.337 e. The van der Waals surface area contributed by atoms with Crippen LogP contribution in [0.5, 0.6) is 0 Å². The molecule has 2 heterocycles. The normalized spacial score (nSPS) is 17.7. The standard InChI is InChI=1S/C18H21N3O3/c1-13-12-20(15-7-5-14(6-8-15)18(23)24-2)10-11-21(13)17(22)16-4-3-9-19-16/h3-9,13,19H,10-12H2,1-2H3/t13-/m0/s1. The van der Waals surface area contributed by atoms with Gasteiger partial charge in [0.1, 0.15) is 5.69 Å². The second kappa shape index (κ2) is 6.78. The number of carbonyl (C=O) groups excluding carboxylic acids is 2. The van der Waals surface area contributed by atoms with Crippen LogP contribution in [0.25, 0.3) is 0 Å². The van der Waals surface area contributed by atoms with Crippen LogP contribution < -0.4 is 4.90 Å². The van der Waals surface area contributed by atoms with Gasteiger partial charge in [-0.1, -0.05) is 0 Å². The maximum atomic E-state index is 12.5. The lowest BCUT2D eigenvalue weighted by atomic mass is 10.1. The van der Waals surface area contributed by atoms with Crippen molar-refractivity contribution >= 4 is 17.6 Å². The van der Waals surface area contributed by atoms with Gasteiger partial charge in [0.2, 0.25) is 0 Å². The van der Waals surface area contributed by atoms with Crippen LogP contribution in [0, 0.1) is 0 Å². The first-order valence-electron chi connectivity index (χ1n) is 7.98. The van der Waals surface area contributed by atoms with E-state index < -0.39 is 0 Å². The molecule has 1 fully saturated rings. The van der Waals surface area contributed by atoms with Gasteiger partial charge in [-0.05, 0) is 43.3 Å². The van der Waals surface area contributed by atoms with Crippen LogP contribution in [0.2, 0.25) is 0 Å². The number of ether oxygens (including phenoxy) is 1. The second-order valence-corrected chi connectivity index (χ2v) is 5.92. The average Bonchev–Trinajstić information content (AvgIpc) is 3.15. The molecule has 6 heteroatoms. The van der Waals surface area contributed by atoms with Gasteiger partial charge in [-0.3, -0.25) is 4.79 Å². The Hall–Kier alpha value is -2.76. The predicted molar refractivity (Wildman–Crippen MR) is 91.3 cm³/mol. The third-order valence-corrected chi connectivity index (χ3v) is 4.37. The van der Waals surface area contributed by atoms with Gasteiger partial charge < -0.3 is 19.5 Å². The number of aromatic nitrogens is 1. The first-order valence-corrected chi connectivity index (χ1v) is 7.98. The van der Waals surface area contributed by atoms with Gasteiger partial charge >= 0.3 is 5.97 Å². The fourth-order valence-corrected chi connectivity index (χ4v) is 3.04. The van der Waals surface area contributed by atoms with Crippen molar-refractivity contribution in [3.8, 4) is 0 Å².